The van der Waals surface area contributed by atoms with Crippen LogP contribution in [0.15, 0.2) is 65.4 Å². The highest BCUT2D eigenvalue weighted by molar-refractivity contribution is 5.94. The standard InChI is InChI=1S/C24H27N3O2/c1-27-21-12-11-19(29-2)17-20(21)24(14-7-4-8-15-24)22(27)13-16-25-26-23(28)18-9-5-3-6-10-18/h3,5-6,9-13,16-17H,4,7-8,14-15H2,1-2H3,(H,26,28)/b22-13-,25-16+. The lowest BCUT2D eigenvalue weighted by Crippen LogP contribution is -2.32. The summed E-state index contributed by atoms with van der Waals surface area (Å²) in [5, 5.41) is 4.17. The molecule has 1 aliphatic heterocycles. The first kappa shape index (κ1) is 19.2. The molecule has 1 aliphatic carbocycles. The van der Waals surface area contributed by atoms with Crippen molar-refractivity contribution in [3.8, 4) is 5.75 Å². The van der Waals surface area contributed by atoms with Crippen LogP contribution in [0.25, 0.3) is 0 Å². The Morgan fingerprint density at radius 3 is 2.62 bits per heavy atom. The van der Waals surface area contributed by atoms with Gasteiger partial charge in [-0.1, -0.05) is 37.5 Å². The van der Waals surface area contributed by atoms with E-state index < -0.39 is 0 Å². The van der Waals surface area contributed by atoms with Gasteiger partial charge in [0.05, 0.1) is 7.11 Å². The lowest BCUT2D eigenvalue weighted by Gasteiger charge is -2.36. The van der Waals surface area contributed by atoms with E-state index in [1.54, 1.807) is 25.5 Å². The van der Waals surface area contributed by atoms with E-state index in [2.05, 4.69) is 34.6 Å². The first-order valence-corrected chi connectivity index (χ1v) is 10.2. The Balaban J connectivity index is 1.60. The normalized spacial score (nSPS) is 19.0. The van der Waals surface area contributed by atoms with E-state index in [0.717, 1.165) is 18.6 Å². The van der Waals surface area contributed by atoms with E-state index in [-0.39, 0.29) is 11.3 Å². The second-order valence-electron chi connectivity index (χ2n) is 7.72. The zero-order valence-corrected chi connectivity index (χ0v) is 17.0. The number of rotatable bonds is 4. The largest absolute Gasteiger partial charge is 0.497 e. The van der Waals surface area contributed by atoms with Crippen LogP contribution in [0.1, 0.15) is 48.0 Å². The number of anilines is 1. The molecule has 0 saturated heterocycles. The topological polar surface area (TPSA) is 53.9 Å². The third-order valence-electron chi connectivity index (χ3n) is 6.15. The first-order chi connectivity index (χ1) is 14.2. The van der Waals surface area contributed by atoms with E-state index in [4.69, 9.17) is 4.74 Å². The van der Waals surface area contributed by atoms with E-state index in [0.29, 0.717) is 5.56 Å². The number of methoxy groups -OCH3 is 1. The summed E-state index contributed by atoms with van der Waals surface area (Å²) in [4.78, 5) is 14.4. The molecule has 0 radical (unpaired) electrons. The van der Waals surface area contributed by atoms with Gasteiger partial charge in [-0.05, 0) is 54.8 Å². The molecule has 2 aromatic carbocycles. The van der Waals surface area contributed by atoms with Gasteiger partial charge in [0.15, 0.2) is 0 Å². The molecule has 1 N–H and O–H groups in total. The Kier molecular flexibility index (Phi) is 5.38. The zero-order valence-electron chi connectivity index (χ0n) is 17.0. The van der Waals surface area contributed by atoms with Crippen LogP contribution in [-0.4, -0.2) is 26.3 Å². The molecular weight excluding hydrogens is 362 g/mol. The quantitative estimate of drug-likeness (QED) is 0.612. The molecule has 29 heavy (non-hydrogen) atoms. The minimum absolute atomic E-state index is 0.00761. The molecule has 2 aliphatic rings. The maximum absolute atomic E-state index is 12.2. The molecule has 0 unspecified atom stereocenters. The molecule has 1 amide bonds. The third kappa shape index (κ3) is 3.53. The Labute approximate surface area is 172 Å². The maximum atomic E-state index is 12.2. The molecule has 1 saturated carbocycles. The fraction of sp³-hybridized carbons (Fsp3) is 0.333. The van der Waals surface area contributed by atoms with Crippen molar-refractivity contribution in [3.05, 3.63) is 71.4 Å². The van der Waals surface area contributed by atoms with Crippen LogP contribution in [0.2, 0.25) is 0 Å². The summed E-state index contributed by atoms with van der Waals surface area (Å²) >= 11 is 0. The zero-order chi connectivity index (χ0) is 20.3. The van der Waals surface area contributed by atoms with Crippen molar-refractivity contribution in [2.24, 2.45) is 5.10 Å². The van der Waals surface area contributed by atoms with Crippen LogP contribution in [0.4, 0.5) is 5.69 Å². The van der Waals surface area contributed by atoms with Crippen LogP contribution < -0.4 is 15.1 Å². The molecule has 1 spiro atoms. The predicted octanol–water partition coefficient (Wildman–Crippen LogP) is 4.65. The van der Waals surface area contributed by atoms with Gasteiger partial charge >= 0.3 is 0 Å². The number of nitrogens with one attached hydrogen (secondary N) is 1. The van der Waals surface area contributed by atoms with Crippen molar-refractivity contribution in [2.45, 2.75) is 37.5 Å². The third-order valence-corrected chi connectivity index (χ3v) is 6.15. The summed E-state index contributed by atoms with van der Waals surface area (Å²) in [6.07, 6.45) is 9.68. The summed E-state index contributed by atoms with van der Waals surface area (Å²) in [7, 11) is 3.82. The van der Waals surface area contributed by atoms with Gasteiger partial charge in [0.25, 0.3) is 5.91 Å². The van der Waals surface area contributed by atoms with Crippen LogP contribution in [0, 0.1) is 0 Å². The summed E-state index contributed by atoms with van der Waals surface area (Å²) in [5.74, 6) is 0.688. The SMILES string of the molecule is COc1ccc2c(c1)C1(CCCCC1)/C(=C/C=N/NC(=O)c1ccccc1)N2C. The highest BCUT2D eigenvalue weighted by Crippen LogP contribution is 2.55. The second-order valence-corrected chi connectivity index (χ2v) is 7.72. The van der Waals surface area contributed by atoms with E-state index in [9.17, 15) is 4.79 Å². The molecule has 4 rings (SSSR count). The summed E-state index contributed by atoms with van der Waals surface area (Å²) in [6, 6.07) is 15.5. The highest BCUT2D eigenvalue weighted by atomic mass is 16.5. The van der Waals surface area contributed by atoms with E-state index in [1.807, 2.05) is 30.3 Å². The monoisotopic (exact) mass is 389 g/mol. The van der Waals surface area contributed by atoms with Gasteiger partial charge in [-0.15, -0.1) is 0 Å². The number of hydrazone groups is 1. The molecule has 150 valence electrons. The lowest BCUT2D eigenvalue weighted by atomic mass is 9.68. The van der Waals surface area contributed by atoms with Crippen molar-refractivity contribution in [1.29, 1.82) is 0 Å². The van der Waals surface area contributed by atoms with Crippen LogP contribution in [0.3, 0.4) is 0 Å². The molecule has 1 fully saturated rings. The molecule has 5 heteroatoms. The smallest absolute Gasteiger partial charge is 0.271 e. The highest BCUT2D eigenvalue weighted by Gasteiger charge is 2.46. The number of likely N-dealkylation sites (N-methyl/N-ethyl adjacent to an activating group) is 1. The number of amides is 1. The number of hydrogen-bond donors (Lipinski definition) is 1. The van der Waals surface area contributed by atoms with E-state index in [1.165, 1.54) is 36.2 Å². The van der Waals surface area contributed by atoms with Crippen molar-refractivity contribution >= 4 is 17.8 Å². The molecule has 0 atom stereocenters. The van der Waals surface area contributed by atoms with Crippen LogP contribution >= 0.6 is 0 Å². The number of nitrogens with zero attached hydrogens (tertiary/aromatic N) is 2. The van der Waals surface area contributed by atoms with Gasteiger partial charge in [0.2, 0.25) is 0 Å². The number of ether oxygens (including phenoxy) is 1. The summed E-state index contributed by atoms with van der Waals surface area (Å²) in [5.41, 5.74) is 7.00. The van der Waals surface area contributed by atoms with Gasteiger partial charge in [-0.3, -0.25) is 4.79 Å². The molecule has 2 aromatic rings. The molecule has 1 heterocycles. The molecule has 5 nitrogen and oxygen atoms in total. The number of allylic oxidation sites excluding steroid dienone is 2. The molecular formula is C24H27N3O2. The lowest BCUT2D eigenvalue weighted by molar-refractivity contribution is 0.0955. The molecule has 0 bridgehead atoms. The fourth-order valence-corrected chi connectivity index (χ4v) is 4.72. The van der Waals surface area contributed by atoms with Crippen molar-refractivity contribution in [2.75, 3.05) is 19.1 Å². The average Bonchev–Trinajstić information content (AvgIpc) is 2.99. The second kappa shape index (κ2) is 8.11. The minimum Gasteiger partial charge on any atom is -0.497 e. The number of fused-ring (bicyclic) bond motifs is 2. The van der Waals surface area contributed by atoms with Crippen molar-refractivity contribution in [3.63, 3.8) is 0 Å². The summed E-state index contributed by atoms with van der Waals surface area (Å²) < 4.78 is 5.50. The Morgan fingerprint density at radius 2 is 1.90 bits per heavy atom. The number of hydrogen-bond acceptors (Lipinski definition) is 4. The number of carbonyl (C=O) groups excluding carboxylic acids is 1. The Bertz CT molecular complexity index is 944. The predicted molar refractivity (Wildman–Crippen MR) is 117 cm³/mol. The fourth-order valence-electron chi connectivity index (χ4n) is 4.72. The Morgan fingerprint density at radius 1 is 1.14 bits per heavy atom. The van der Waals surface area contributed by atoms with E-state index >= 15 is 0 Å². The average molecular weight is 389 g/mol. The Hall–Kier alpha value is -3.08. The van der Waals surface area contributed by atoms with Crippen LogP contribution in [-0.2, 0) is 5.41 Å². The van der Waals surface area contributed by atoms with Gasteiger partial charge in [0, 0.05) is 35.6 Å². The van der Waals surface area contributed by atoms with Gasteiger partial charge in [0.1, 0.15) is 5.75 Å². The molecule has 0 aromatic heterocycles. The summed E-state index contributed by atoms with van der Waals surface area (Å²) in [6.45, 7) is 0. The minimum atomic E-state index is -0.208. The number of carbonyl (C=O) groups is 1. The first-order valence-electron chi connectivity index (χ1n) is 10.2. The van der Waals surface area contributed by atoms with Crippen molar-refractivity contribution < 1.29 is 9.53 Å². The van der Waals surface area contributed by atoms with Crippen LogP contribution in [0.5, 0.6) is 5.75 Å². The number of benzene rings is 2. The van der Waals surface area contributed by atoms with Crippen molar-refractivity contribution in [1.82, 2.24) is 5.43 Å². The van der Waals surface area contributed by atoms with Gasteiger partial charge in [-0.25, -0.2) is 5.43 Å². The van der Waals surface area contributed by atoms with Gasteiger partial charge in [-0.2, -0.15) is 5.10 Å². The maximum Gasteiger partial charge on any atom is 0.271 e. The van der Waals surface area contributed by atoms with Gasteiger partial charge < -0.3 is 9.64 Å².